The number of carbonyl (C=O) groups is 1. The Morgan fingerprint density at radius 3 is 2.53 bits per heavy atom. The van der Waals surface area contributed by atoms with Crippen LogP contribution in [0.2, 0.25) is 0 Å². The summed E-state index contributed by atoms with van der Waals surface area (Å²) in [5, 5.41) is 2.83. The quantitative estimate of drug-likeness (QED) is 0.359. The van der Waals surface area contributed by atoms with Crippen molar-refractivity contribution in [3.63, 3.8) is 0 Å². The molecule has 1 N–H and O–H groups in total. The van der Waals surface area contributed by atoms with Gasteiger partial charge in [0.15, 0.2) is 6.61 Å². The first-order valence-electron chi connectivity index (χ1n) is 12.6. The Labute approximate surface area is 212 Å². The van der Waals surface area contributed by atoms with Crippen molar-refractivity contribution in [2.45, 2.75) is 39.2 Å². The number of halogens is 1. The maximum absolute atomic E-state index is 14.4. The van der Waals surface area contributed by atoms with Gasteiger partial charge in [-0.25, -0.2) is 4.39 Å². The molecule has 0 aromatic heterocycles. The molecule has 1 amide bonds. The number of hydrogen-bond donors (Lipinski definition) is 1. The van der Waals surface area contributed by atoms with E-state index in [0.717, 1.165) is 23.3 Å². The van der Waals surface area contributed by atoms with E-state index in [1.165, 1.54) is 6.07 Å². The molecule has 0 unspecified atom stereocenters. The minimum absolute atomic E-state index is 0.0283. The van der Waals surface area contributed by atoms with Crippen LogP contribution in [0.25, 0.3) is 0 Å². The molecule has 190 valence electrons. The predicted molar refractivity (Wildman–Crippen MR) is 139 cm³/mol. The third kappa shape index (κ3) is 6.43. The largest absolute Gasteiger partial charge is 0.494 e. The van der Waals surface area contributed by atoms with Crippen molar-refractivity contribution in [1.29, 1.82) is 0 Å². The summed E-state index contributed by atoms with van der Waals surface area (Å²) < 4.78 is 32.0. The van der Waals surface area contributed by atoms with Crippen LogP contribution in [-0.4, -0.2) is 25.7 Å². The minimum atomic E-state index is -0.244. The second-order valence-corrected chi connectivity index (χ2v) is 9.48. The second-order valence-electron chi connectivity index (χ2n) is 9.48. The number of carbonyl (C=O) groups excluding carboxylic acids is 1. The lowest BCUT2D eigenvalue weighted by molar-refractivity contribution is -0.118. The molecule has 36 heavy (non-hydrogen) atoms. The molecule has 3 aromatic rings. The van der Waals surface area contributed by atoms with Crippen LogP contribution in [0.5, 0.6) is 11.5 Å². The highest BCUT2D eigenvalue weighted by molar-refractivity contribution is 5.91. The lowest BCUT2D eigenvalue weighted by Crippen LogP contribution is -2.31. The first-order valence-corrected chi connectivity index (χ1v) is 12.6. The van der Waals surface area contributed by atoms with Crippen LogP contribution in [0.1, 0.15) is 50.3 Å². The van der Waals surface area contributed by atoms with Crippen LogP contribution in [0.4, 0.5) is 10.1 Å². The summed E-state index contributed by atoms with van der Waals surface area (Å²) in [7, 11) is 0. The van der Waals surface area contributed by atoms with Crippen molar-refractivity contribution >= 4 is 11.6 Å². The van der Waals surface area contributed by atoms with Crippen molar-refractivity contribution in [2.75, 3.05) is 25.1 Å². The molecular formula is C30H34FNO4. The van der Waals surface area contributed by atoms with Gasteiger partial charge in [0.05, 0.1) is 19.3 Å². The van der Waals surface area contributed by atoms with Gasteiger partial charge in [-0.15, -0.1) is 0 Å². The Balaban J connectivity index is 1.38. The first-order chi connectivity index (χ1) is 17.4. The van der Waals surface area contributed by atoms with E-state index in [4.69, 9.17) is 14.2 Å². The summed E-state index contributed by atoms with van der Waals surface area (Å²) in [6.07, 6.45) is 0.730. The molecule has 0 spiro atoms. The van der Waals surface area contributed by atoms with Crippen molar-refractivity contribution in [1.82, 2.24) is 0 Å². The van der Waals surface area contributed by atoms with Gasteiger partial charge in [-0.3, -0.25) is 4.79 Å². The highest BCUT2D eigenvalue weighted by atomic mass is 19.1. The molecule has 1 saturated heterocycles. The number of anilines is 1. The molecule has 1 heterocycles. The third-order valence-electron chi connectivity index (χ3n) is 6.63. The zero-order valence-electron chi connectivity index (χ0n) is 21.1. The van der Waals surface area contributed by atoms with Crippen molar-refractivity contribution < 1.29 is 23.4 Å². The van der Waals surface area contributed by atoms with Gasteiger partial charge in [0, 0.05) is 11.6 Å². The maximum Gasteiger partial charge on any atom is 0.262 e. The van der Waals surface area contributed by atoms with Crippen LogP contribution in [-0.2, 0) is 9.53 Å². The molecule has 5 nitrogen and oxygen atoms in total. The maximum atomic E-state index is 14.4. The van der Waals surface area contributed by atoms with Crippen molar-refractivity contribution in [3.05, 3.63) is 89.7 Å². The van der Waals surface area contributed by atoms with E-state index in [0.29, 0.717) is 30.6 Å². The average Bonchev–Trinajstić information content (AvgIpc) is 2.89. The second kappa shape index (κ2) is 12.0. The van der Waals surface area contributed by atoms with E-state index in [1.807, 2.05) is 55.5 Å². The van der Waals surface area contributed by atoms with Crippen molar-refractivity contribution in [3.8, 4) is 11.5 Å². The van der Waals surface area contributed by atoms with Crippen LogP contribution in [0, 0.1) is 17.7 Å². The van der Waals surface area contributed by atoms with Gasteiger partial charge in [0.25, 0.3) is 5.91 Å². The van der Waals surface area contributed by atoms with Crippen LogP contribution in [0.15, 0.2) is 72.8 Å². The molecule has 0 bridgehead atoms. The number of benzene rings is 3. The van der Waals surface area contributed by atoms with Gasteiger partial charge < -0.3 is 19.5 Å². The molecule has 0 radical (unpaired) electrons. The summed E-state index contributed by atoms with van der Waals surface area (Å²) in [6.45, 7) is 7.23. The topological polar surface area (TPSA) is 56.8 Å². The summed E-state index contributed by atoms with van der Waals surface area (Å²) in [6, 6.07) is 21.9. The molecular weight excluding hydrogens is 457 g/mol. The molecule has 1 aliphatic rings. The van der Waals surface area contributed by atoms with E-state index in [2.05, 4.69) is 19.2 Å². The molecule has 4 rings (SSSR count). The monoisotopic (exact) mass is 491 g/mol. The molecule has 3 atom stereocenters. The SMILES string of the molecule is CCOc1ccc(NC(=O)COc2cccc([C@@H]3OC[C@@H](c4ccccc4F)C[C@H]3C(C)C)c2)cc1. The molecule has 1 fully saturated rings. The molecule has 1 aliphatic heterocycles. The number of rotatable bonds is 9. The number of amides is 1. The Morgan fingerprint density at radius 2 is 1.81 bits per heavy atom. The van der Waals surface area contributed by atoms with Gasteiger partial charge in [0.1, 0.15) is 17.3 Å². The number of ether oxygens (including phenoxy) is 3. The molecule has 3 aromatic carbocycles. The molecule has 0 saturated carbocycles. The molecule has 6 heteroatoms. The number of hydrogen-bond acceptors (Lipinski definition) is 4. The highest BCUT2D eigenvalue weighted by Gasteiger charge is 2.35. The summed E-state index contributed by atoms with van der Waals surface area (Å²) in [5.41, 5.74) is 2.41. The fraction of sp³-hybridized carbons (Fsp3) is 0.367. The normalized spacial score (nSPS) is 19.6. The minimum Gasteiger partial charge on any atom is -0.494 e. The van der Waals surface area contributed by atoms with E-state index in [1.54, 1.807) is 18.2 Å². The highest BCUT2D eigenvalue weighted by Crippen LogP contribution is 2.44. The Hall–Kier alpha value is -3.38. The lowest BCUT2D eigenvalue weighted by atomic mass is 9.76. The number of nitrogens with one attached hydrogen (secondary N) is 1. The Kier molecular flexibility index (Phi) is 8.60. The zero-order valence-corrected chi connectivity index (χ0v) is 21.1. The predicted octanol–water partition coefficient (Wildman–Crippen LogP) is 6.76. The van der Waals surface area contributed by atoms with E-state index < -0.39 is 0 Å². The van der Waals surface area contributed by atoms with E-state index in [9.17, 15) is 9.18 Å². The summed E-state index contributed by atoms with van der Waals surface area (Å²) in [5.74, 6) is 1.55. The fourth-order valence-electron chi connectivity index (χ4n) is 4.78. The summed E-state index contributed by atoms with van der Waals surface area (Å²) >= 11 is 0. The zero-order chi connectivity index (χ0) is 25.5. The van der Waals surface area contributed by atoms with Gasteiger partial charge in [-0.2, -0.15) is 0 Å². The third-order valence-corrected chi connectivity index (χ3v) is 6.63. The van der Waals surface area contributed by atoms with Gasteiger partial charge in [-0.1, -0.05) is 44.2 Å². The van der Waals surface area contributed by atoms with E-state index in [-0.39, 0.29) is 36.3 Å². The van der Waals surface area contributed by atoms with Gasteiger partial charge >= 0.3 is 0 Å². The smallest absolute Gasteiger partial charge is 0.262 e. The van der Waals surface area contributed by atoms with Crippen molar-refractivity contribution in [2.24, 2.45) is 11.8 Å². The summed E-state index contributed by atoms with van der Waals surface area (Å²) in [4.78, 5) is 12.4. The Morgan fingerprint density at radius 1 is 1.03 bits per heavy atom. The Bertz CT molecular complexity index is 1150. The van der Waals surface area contributed by atoms with E-state index >= 15 is 0 Å². The van der Waals surface area contributed by atoms with Gasteiger partial charge in [0.2, 0.25) is 0 Å². The molecule has 0 aliphatic carbocycles. The fourth-order valence-corrected chi connectivity index (χ4v) is 4.78. The van der Waals surface area contributed by atoms with Crippen LogP contribution in [0.3, 0.4) is 0 Å². The standard InChI is InChI=1S/C30H34FNO4/c1-4-34-24-14-12-23(13-15-24)32-29(33)19-35-25-9-7-8-21(16-25)30-27(20(2)3)17-22(18-36-30)26-10-5-6-11-28(26)31/h5-16,20,22,27,30H,4,17-19H2,1-3H3,(H,32,33)/t22-,27-,30-/m0/s1. The van der Waals surface area contributed by atoms with Gasteiger partial charge in [-0.05, 0) is 78.8 Å². The average molecular weight is 492 g/mol. The lowest BCUT2D eigenvalue weighted by Gasteiger charge is -2.39. The van der Waals surface area contributed by atoms with Crippen LogP contribution < -0.4 is 14.8 Å². The first kappa shape index (κ1) is 25.7. The van der Waals surface area contributed by atoms with Crippen LogP contribution >= 0.6 is 0 Å².